The maximum atomic E-state index is 13.7. The first-order valence-corrected chi connectivity index (χ1v) is 20.1. The summed E-state index contributed by atoms with van der Waals surface area (Å²) in [7, 11) is -1.44. The van der Waals surface area contributed by atoms with Gasteiger partial charge in [0.15, 0.2) is 0 Å². The molecule has 1 aliphatic rings. The number of hydrogen-bond acceptors (Lipinski definition) is 8. The third-order valence-corrected chi connectivity index (χ3v) is 12.2. The van der Waals surface area contributed by atoms with Gasteiger partial charge in [0.2, 0.25) is 0 Å². The first-order valence-electron chi connectivity index (χ1n) is 16.1. The molecule has 0 aliphatic carbocycles. The van der Waals surface area contributed by atoms with Crippen molar-refractivity contribution in [3.8, 4) is 22.8 Å². The van der Waals surface area contributed by atoms with Crippen LogP contribution in [0.3, 0.4) is 0 Å². The van der Waals surface area contributed by atoms with Gasteiger partial charge in [-0.15, -0.1) is 0 Å². The Kier molecular flexibility index (Phi) is 8.65. The average Bonchev–Trinajstić information content (AvgIpc) is 3.69. The number of pyridine rings is 1. The summed E-state index contributed by atoms with van der Waals surface area (Å²) in [6.07, 6.45) is 10.2. The molecular weight excluding hydrogens is 647 g/mol. The Balaban J connectivity index is 1.08. The number of halogens is 2. The molecule has 0 N–H and O–H groups in total. The van der Waals surface area contributed by atoms with E-state index in [1.807, 2.05) is 54.3 Å². The van der Waals surface area contributed by atoms with E-state index in [1.54, 1.807) is 12.4 Å². The number of anilines is 1. The third kappa shape index (κ3) is 6.52. The highest BCUT2D eigenvalue weighted by atomic mass is 35.5. The van der Waals surface area contributed by atoms with Crippen molar-refractivity contribution in [2.45, 2.75) is 64.8 Å². The van der Waals surface area contributed by atoms with Gasteiger partial charge in [-0.2, -0.15) is 5.10 Å². The van der Waals surface area contributed by atoms with Crippen LogP contribution in [0.2, 0.25) is 24.7 Å². The number of imidazole rings is 1. The number of ether oxygens (including phenoxy) is 2. The van der Waals surface area contributed by atoms with Gasteiger partial charge in [-0.3, -0.25) is 14.6 Å². The Hall–Kier alpha value is -4.39. The van der Waals surface area contributed by atoms with Gasteiger partial charge >= 0.3 is 0 Å². The number of piperidine rings is 1. The Morgan fingerprint density at radius 2 is 1.79 bits per heavy atom. The Labute approximate surface area is 284 Å². The van der Waals surface area contributed by atoms with E-state index in [0.29, 0.717) is 40.0 Å². The first kappa shape index (κ1) is 32.2. The predicted molar refractivity (Wildman–Crippen MR) is 189 cm³/mol. The minimum absolute atomic E-state index is 0.204. The van der Waals surface area contributed by atoms with Crippen LogP contribution in [0.4, 0.5) is 10.1 Å². The molecule has 0 bridgehead atoms. The summed E-state index contributed by atoms with van der Waals surface area (Å²) >= 11 is 6.92. The van der Waals surface area contributed by atoms with Crippen molar-refractivity contribution in [2.24, 2.45) is 0 Å². The van der Waals surface area contributed by atoms with Gasteiger partial charge in [0.05, 0.1) is 66.8 Å². The number of aryl methyl sites for hydroxylation is 1. The Morgan fingerprint density at radius 3 is 2.56 bits per heavy atom. The van der Waals surface area contributed by atoms with E-state index in [0.717, 1.165) is 54.0 Å². The summed E-state index contributed by atoms with van der Waals surface area (Å²) in [4.78, 5) is 20.4. The molecule has 4 aromatic heterocycles. The molecule has 0 spiro atoms. The van der Waals surface area contributed by atoms with Crippen LogP contribution in [0.25, 0.3) is 33.3 Å². The second-order valence-electron chi connectivity index (χ2n) is 13.4. The number of rotatable bonds is 9. The van der Waals surface area contributed by atoms with Gasteiger partial charge in [-0.1, -0.05) is 31.2 Å². The lowest BCUT2D eigenvalue weighted by atomic mass is 10.0. The number of aromatic nitrogens is 7. The number of nitrogens with zero attached hydrogens (tertiary/aromatic N) is 8. The summed E-state index contributed by atoms with van der Waals surface area (Å²) in [5.74, 6) is 1.67. The lowest BCUT2D eigenvalue weighted by Gasteiger charge is -2.33. The van der Waals surface area contributed by atoms with Crippen LogP contribution in [0, 0.1) is 12.7 Å². The van der Waals surface area contributed by atoms with Gasteiger partial charge in [0.25, 0.3) is 0 Å². The summed E-state index contributed by atoms with van der Waals surface area (Å²) in [5, 5.41) is 5.04. The zero-order valence-electron chi connectivity index (χ0n) is 27.7. The lowest BCUT2D eigenvalue weighted by molar-refractivity contribution is 0.0578. The highest BCUT2D eigenvalue weighted by Gasteiger charge is 2.24. The van der Waals surface area contributed by atoms with E-state index in [4.69, 9.17) is 31.0 Å². The van der Waals surface area contributed by atoms with E-state index in [1.165, 1.54) is 12.3 Å². The number of fused-ring (bicyclic) bond motifs is 2. The fourth-order valence-electron chi connectivity index (χ4n) is 5.89. The fraction of sp³-hybridized carbons (Fsp3) is 0.343. The molecule has 7 rings (SSSR count). The van der Waals surface area contributed by atoms with Crippen LogP contribution in [0.5, 0.6) is 11.5 Å². The topological polar surface area (TPSA) is 96.0 Å². The lowest BCUT2D eigenvalue weighted by Crippen LogP contribution is -2.38. The van der Waals surface area contributed by atoms with E-state index in [2.05, 4.69) is 51.1 Å². The van der Waals surface area contributed by atoms with E-state index in [9.17, 15) is 4.39 Å². The zero-order chi connectivity index (χ0) is 33.6. The summed E-state index contributed by atoms with van der Waals surface area (Å²) in [6.45, 7) is 13.1. The van der Waals surface area contributed by atoms with Crippen molar-refractivity contribution in [3.05, 3.63) is 84.0 Å². The van der Waals surface area contributed by atoms with Gasteiger partial charge < -0.3 is 18.9 Å². The molecule has 0 saturated carbocycles. The van der Waals surface area contributed by atoms with Crippen LogP contribution >= 0.6 is 11.6 Å². The van der Waals surface area contributed by atoms with Crippen LogP contribution < -0.4 is 9.64 Å². The van der Waals surface area contributed by atoms with Crippen molar-refractivity contribution in [2.75, 3.05) is 18.0 Å². The van der Waals surface area contributed by atoms with Crippen LogP contribution in [-0.4, -0.2) is 61.2 Å². The summed E-state index contributed by atoms with van der Waals surface area (Å²) in [5.41, 5.74) is 5.55. The average molecular weight is 685 g/mol. The highest BCUT2D eigenvalue weighted by Crippen LogP contribution is 2.36. The van der Waals surface area contributed by atoms with Crippen LogP contribution in [0.1, 0.15) is 31.6 Å². The molecule has 1 atom stereocenters. The molecule has 5 heterocycles. The monoisotopic (exact) mass is 684 g/mol. The van der Waals surface area contributed by atoms with Gasteiger partial charge in [0.1, 0.15) is 40.4 Å². The molecule has 0 amide bonds. The van der Waals surface area contributed by atoms with Crippen molar-refractivity contribution in [1.29, 1.82) is 0 Å². The fourth-order valence-corrected chi connectivity index (χ4v) is 6.70. The van der Waals surface area contributed by atoms with E-state index >= 15 is 0 Å². The molecule has 2 aromatic carbocycles. The van der Waals surface area contributed by atoms with E-state index in [-0.39, 0.29) is 17.6 Å². The number of benzene rings is 2. The first-order chi connectivity index (χ1) is 23.0. The minimum Gasteiger partial charge on any atom is -0.456 e. The largest absolute Gasteiger partial charge is 0.456 e. The molecule has 0 radical (unpaired) electrons. The summed E-state index contributed by atoms with van der Waals surface area (Å²) < 4.78 is 30.3. The molecule has 248 valence electrons. The molecule has 6 aromatic rings. The number of hydrogen-bond donors (Lipinski definition) is 0. The SMILES string of the molecule is Cc1nc2ccc(Oc3ccc4ncc(-c5cnn(C6CCN(c7cncc(F)c7)CC6)c5)nc4c3Cl)cc2n1COC(C)[Si](C)(C)C. The van der Waals surface area contributed by atoms with Crippen molar-refractivity contribution in [3.63, 3.8) is 0 Å². The minimum atomic E-state index is -1.44. The predicted octanol–water partition coefficient (Wildman–Crippen LogP) is 8.21. The standard InChI is InChI=1S/C35H38ClFN8O2Si/c1-22-41-29-7-6-28(15-32(29)44(22)21-46-23(2)48(3,4)5)47-33-9-8-30-35(34(33)36)42-31(19-39-30)24-16-40-45(20-24)26-10-12-43(13-11-26)27-14-25(37)17-38-18-27/h6-9,14-20,23,26H,10-13,21H2,1-5H3. The highest BCUT2D eigenvalue weighted by molar-refractivity contribution is 6.77. The molecule has 1 fully saturated rings. The maximum Gasteiger partial charge on any atom is 0.148 e. The van der Waals surface area contributed by atoms with Crippen LogP contribution in [-0.2, 0) is 11.5 Å². The molecule has 1 aliphatic heterocycles. The van der Waals surface area contributed by atoms with Crippen molar-refractivity contribution < 1.29 is 13.9 Å². The zero-order valence-corrected chi connectivity index (χ0v) is 29.4. The molecule has 1 saturated heterocycles. The molecule has 10 nitrogen and oxygen atoms in total. The molecule has 13 heteroatoms. The van der Waals surface area contributed by atoms with Gasteiger partial charge in [0, 0.05) is 42.7 Å². The van der Waals surface area contributed by atoms with Crippen LogP contribution in [0.15, 0.2) is 67.4 Å². The third-order valence-electron chi connectivity index (χ3n) is 9.22. The maximum absolute atomic E-state index is 13.7. The molecule has 1 unspecified atom stereocenters. The molecular formula is C35H38ClFN8O2Si. The van der Waals surface area contributed by atoms with Crippen molar-refractivity contribution >= 4 is 47.4 Å². The quantitative estimate of drug-likeness (QED) is 0.141. The van der Waals surface area contributed by atoms with Gasteiger partial charge in [-0.05, 0) is 51.0 Å². The van der Waals surface area contributed by atoms with E-state index < -0.39 is 8.07 Å². The smallest absolute Gasteiger partial charge is 0.148 e. The van der Waals surface area contributed by atoms with Gasteiger partial charge in [-0.25, -0.2) is 14.4 Å². The Morgan fingerprint density at radius 1 is 1.00 bits per heavy atom. The molecule has 48 heavy (non-hydrogen) atoms. The van der Waals surface area contributed by atoms with Crippen molar-refractivity contribution in [1.82, 2.24) is 34.3 Å². The summed E-state index contributed by atoms with van der Waals surface area (Å²) in [6, 6.07) is 11.2. The second kappa shape index (κ2) is 12.9. The Bertz CT molecular complexity index is 2100. The second-order valence-corrected chi connectivity index (χ2v) is 19.4. The normalized spacial score (nSPS) is 15.0.